The number of halogens is 1. The standard InChI is InChI=1S/C11H12N2O.ClH/c1-2-7-13-11(14)10-5-3-9(8-12)4-6-10;/h1,3-6H,7-8,12H2,(H,13,14);1H. The van der Waals surface area contributed by atoms with Crippen LogP contribution in [0.5, 0.6) is 0 Å². The maximum absolute atomic E-state index is 11.4. The van der Waals surface area contributed by atoms with Gasteiger partial charge in [-0.25, -0.2) is 0 Å². The minimum Gasteiger partial charge on any atom is -0.341 e. The van der Waals surface area contributed by atoms with E-state index in [1.807, 2.05) is 12.1 Å². The number of terminal acetylenes is 1. The molecular formula is C11H13ClN2O. The number of benzene rings is 1. The highest BCUT2D eigenvalue weighted by Crippen LogP contribution is 2.03. The number of carbonyl (C=O) groups is 1. The van der Waals surface area contributed by atoms with Gasteiger partial charge in [0.05, 0.1) is 6.54 Å². The van der Waals surface area contributed by atoms with E-state index in [2.05, 4.69) is 11.2 Å². The molecule has 80 valence electrons. The van der Waals surface area contributed by atoms with Gasteiger partial charge < -0.3 is 11.1 Å². The molecule has 0 bridgehead atoms. The second kappa shape index (κ2) is 6.88. The van der Waals surface area contributed by atoms with Crippen molar-refractivity contribution in [1.82, 2.24) is 5.32 Å². The molecular weight excluding hydrogens is 212 g/mol. The fourth-order valence-electron chi connectivity index (χ4n) is 1.03. The van der Waals surface area contributed by atoms with Gasteiger partial charge in [-0.05, 0) is 17.7 Å². The molecule has 3 N–H and O–H groups in total. The van der Waals surface area contributed by atoms with Crippen molar-refractivity contribution in [2.75, 3.05) is 6.54 Å². The Morgan fingerprint density at radius 1 is 1.40 bits per heavy atom. The number of nitrogens with one attached hydrogen (secondary N) is 1. The Kier molecular flexibility index (Phi) is 6.19. The van der Waals surface area contributed by atoms with Crippen LogP contribution in [-0.2, 0) is 6.54 Å². The summed E-state index contributed by atoms with van der Waals surface area (Å²) in [6.45, 7) is 0.726. The predicted octanol–water partition coefficient (Wildman–Crippen LogP) is 0.930. The van der Waals surface area contributed by atoms with Crippen LogP contribution < -0.4 is 11.1 Å². The first-order valence-corrected chi connectivity index (χ1v) is 4.28. The average Bonchev–Trinajstić information content (AvgIpc) is 2.26. The van der Waals surface area contributed by atoms with Crippen LogP contribution in [0.2, 0.25) is 0 Å². The minimum absolute atomic E-state index is 0. The second-order valence-corrected chi connectivity index (χ2v) is 2.79. The maximum Gasteiger partial charge on any atom is 0.252 e. The molecule has 0 fully saturated rings. The van der Waals surface area contributed by atoms with Crippen molar-refractivity contribution < 1.29 is 4.79 Å². The number of rotatable bonds is 3. The Labute approximate surface area is 95.5 Å². The summed E-state index contributed by atoms with van der Waals surface area (Å²) in [7, 11) is 0. The zero-order valence-corrected chi connectivity index (χ0v) is 9.01. The zero-order chi connectivity index (χ0) is 10.4. The number of hydrogen-bond donors (Lipinski definition) is 2. The van der Waals surface area contributed by atoms with Gasteiger partial charge in [-0.2, -0.15) is 0 Å². The summed E-state index contributed by atoms with van der Waals surface area (Å²) in [6.07, 6.45) is 5.02. The van der Waals surface area contributed by atoms with Crippen LogP contribution in [0, 0.1) is 12.3 Å². The van der Waals surface area contributed by atoms with Crippen LogP contribution in [0.3, 0.4) is 0 Å². The zero-order valence-electron chi connectivity index (χ0n) is 8.19. The summed E-state index contributed by atoms with van der Waals surface area (Å²) in [5.41, 5.74) is 7.02. The van der Waals surface area contributed by atoms with E-state index in [1.165, 1.54) is 0 Å². The smallest absolute Gasteiger partial charge is 0.252 e. The van der Waals surface area contributed by atoms with Gasteiger partial charge in [0.25, 0.3) is 5.91 Å². The van der Waals surface area contributed by atoms with Gasteiger partial charge in [-0.1, -0.05) is 18.1 Å². The Balaban J connectivity index is 0.00000196. The van der Waals surface area contributed by atoms with Gasteiger partial charge in [-0.3, -0.25) is 4.79 Å². The molecule has 0 saturated carbocycles. The monoisotopic (exact) mass is 224 g/mol. The lowest BCUT2D eigenvalue weighted by Crippen LogP contribution is -2.23. The normalized spacial score (nSPS) is 8.53. The van der Waals surface area contributed by atoms with E-state index in [0.717, 1.165) is 5.56 Å². The Bertz CT molecular complexity index is 354. The van der Waals surface area contributed by atoms with Crippen LogP contribution in [0.15, 0.2) is 24.3 Å². The molecule has 0 aliphatic rings. The summed E-state index contributed by atoms with van der Waals surface area (Å²) in [6, 6.07) is 7.11. The van der Waals surface area contributed by atoms with Gasteiger partial charge in [0, 0.05) is 12.1 Å². The highest BCUT2D eigenvalue weighted by molar-refractivity contribution is 5.94. The third-order valence-electron chi connectivity index (χ3n) is 1.80. The number of amides is 1. The highest BCUT2D eigenvalue weighted by Gasteiger charge is 2.02. The number of carbonyl (C=O) groups excluding carboxylic acids is 1. The van der Waals surface area contributed by atoms with Crippen molar-refractivity contribution in [3.05, 3.63) is 35.4 Å². The molecule has 4 heteroatoms. The van der Waals surface area contributed by atoms with Crippen LogP contribution >= 0.6 is 12.4 Å². The number of hydrogen-bond acceptors (Lipinski definition) is 2. The molecule has 3 nitrogen and oxygen atoms in total. The molecule has 0 saturated heterocycles. The summed E-state index contributed by atoms with van der Waals surface area (Å²) in [5.74, 6) is 2.18. The molecule has 1 aromatic carbocycles. The largest absolute Gasteiger partial charge is 0.341 e. The van der Waals surface area contributed by atoms with E-state index in [1.54, 1.807) is 12.1 Å². The summed E-state index contributed by atoms with van der Waals surface area (Å²) in [5, 5.41) is 2.58. The lowest BCUT2D eigenvalue weighted by molar-refractivity contribution is 0.0958. The van der Waals surface area contributed by atoms with Gasteiger partial charge >= 0.3 is 0 Å². The van der Waals surface area contributed by atoms with E-state index < -0.39 is 0 Å². The fourth-order valence-corrected chi connectivity index (χ4v) is 1.03. The molecule has 1 aromatic rings. The molecule has 0 spiro atoms. The predicted molar refractivity (Wildman–Crippen MR) is 62.7 cm³/mol. The van der Waals surface area contributed by atoms with Crippen molar-refractivity contribution in [2.24, 2.45) is 5.73 Å². The highest BCUT2D eigenvalue weighted by atomic mass is 35.5. The van der Waals surface area contributed by atoms with Crippen LogP contribution in [0.25, 0.3) is 0 Å². The Hall–Kier alpha value is -1.50. The van der Waals surface area contributed by atoms with E-state index in [9.17, 15) is 4.79 Å². The first kappa shape index (κ1) is 13.5. The van der Waals surface area contributed by atoms with Crippen LogP contribution in [0.1, 0.15) is 15.9 Å². The lowest BCUT2D eigenvalue weighted by atomic mass is 10.1. The molecule has 0 radical (unpaired) electrons. The molecule has 0 unspecified atom stereocenters. The molecule has 1 rings (SSSR count). The van der Waals surface area contributed by atoms with E-state index in [-0.39, 0.29) is 24.9 Å². The second-order valence-electron chi connectivity index (χ2n) is 2.79. The Morgan fingerprint density at radius 3 is 2.47 bits per heavy atom. The van der Waals surface area contributed by atoms with Crippen molar-refractivity contribution in [3.8, 4) is 12.3 Å². The maximum atomic E-state index is 11.4. The topological polar surface area (TPSA) is 55.1 Å². The van der Waals surface area contributed by atoms with Crippen molar-refractivity contribution in [1.29, 1.82) is 0 Å². The third kappa shape index (κ3) is 4.03. The summed E-state index contributed by atoms with van der Waals surface area (Å²) < 4.78 is 0. The average molecular weight is 225 g/mol. The molecule has 15 heavy (non-hydrogen) atoms. The molecule has 0 aliphatic carbocycles. The fraction of sp³-hybridized carbons (Fsp3) is 0.182. The van der Waals surface area contributed by atoms with Gasteiger partial charge in [-0.15, -0.1) is 18.8 Å². The molecule has 0 aliphatic heterocycles. The van der Waals surface area contributed by atoms with Gasteiger partial charge in [0.15, 0.2) is 0 Å². The van der Waals surface area contributed by atoms with E-state index in [0.29, 0.717) is 12.1 Å². The van der Waals surface area contributed by atoms with Crippen molar-refractivity contribution in [3.63, 3.8) is 0 Å². The van der Waals surface area contributed by atoms with Crippen LogP contribution in [0.4, 0.5) is 0 Å². The van der Waals surface area contributed by atoms with Gasteiger partial charge in [0.2, 0.25) is 0 Å². The molecule has 0 atom stereocenters. The summed E-state index contributed by atoms with van der Waals surface area (Å²) in [4.78, 5) is 11.4. The van der Waals surface area contributed by atoms with Gasteiger partial charge in [0.1, 0.15) is 0 Å². The Morgan fingerprint density at radius 2 is 2.00 bits per heavy atom. The van der Waals surface area contributed by atoms with Crippen molar-refractivity contribution in [2.45, 2.75) is 6.54 Å². The summed E-state index contributed by atoms with van der Waals surface area (Å²) >= 11 is 0. The minimum atomic E-state index is -0.161. The quantitative estimate of drug-likeness (QED) is 0.751. The third-order valence-corrected chi connectivity index (χ3v) is 1.80. The first-order chi connectivity index (χ1) is 6.77. The molecule has 0 heterocycles. The van der Waals surface area contributed by atoms with Crippen LogP contribution in [-0.4, -0.2) is 12.5 Å². The number of nitrogens with two attached hydrogens (primary N) is 1. The van der Waals surface area contributed by atoms with E-state index >= 15 is 0 Å². The first-order valence-electron chi connectivity index (χ1n) is 4.28. The van der Waals surface area contributed by atoms with Crippen molar-refractivity contribution >= 4 is 18.3 Å². The lowest BCUT2D eigenvalue weighted by Gasteiger charge is -2.02. The molecule has 0 aromatic heterocycles. The SMILES string of the molecule is C#CCNC(=O)c1ccc(CN)cc1.Cl. The van der Waals surface area contributed by atoms with E-state index in [4.69, 9.17) is 12.2 Å². The molecule has 1 amide bonds.